The van der Waals surface area contributed by atoms with Crippen molar-refractivity contribution < 1.29 is 0 Å². The molecule has 2 aliphatic carbocycles. The predicted octanol–water partition coefficient (Wildman–Crippen LogP) is 7.67. The van der Waals surface area contributed by atoms with Crippen LogP contribution in [0.3, 0.4) is 0 Å². The smallest absolute Gasteiger partial charge is 0.103 e. The summed E-state index contributed by atoms with van der Waals surface area (Å²) >= 11 is 4.28. The van der Waals surface area contributed by atoms with E-state index in [0.717, 1.165) is 0 Å². The zero-order chi connectivity index (χ0) is 19.8. The molecule has 0 radical (unpaired) electrons. The summed E-state index contributed by atoms with van der Waals surface area (Å²) in [4.78, 5) is 3.20. The van der Waals surface area contributed by atoms with Gasteiger partial charge in [-0.1, -0.05) is 99.2 Å². The first-order chi connectivity index (χ1) is 12.4. The number of rotatable bonds is 4. The Labute approximate surface area is 177 Å². The van der Waals surface area contributed by atoms with Crippen LogP contribution < -0.4 is 0 Å². The molecule has 0 saturated carbocycles. The molecule has 144 valence electrons. The number of hydrogen-bond donors (Lipinski definition) is 0. The van der Waals surface area contributed by atoms with Crippen molar-refractivity contribution in [3.63, 3.8) is 0 Å². The second-order valence-corrected chi connectivity index (χ2v) is 27.9. The molecule has 0 aromatic carbocycles. The quantitative estimate of drug-likeness (QED) is 0.408. The van der Waals surface area contributed by atoms with Gasteiger partial charge in [-0.3, -0.25) is 0 Å². The van der Waals surface area contributed by atoms with Crippen molar-refractivity contribution in [3.8, 4) is 0 Å². The largest absolute Gasteiger partial charge is 0.106 e. The minimum Gasteiger partial charge on any atom is -0.103 e. The zero-order valence-electron chi connectivity index (χ0n) is 17.9. The summed E-state index contributed by atoms with van der Waals surface area (Å²) in [5.74, 6) is 1.16. The Hall–Kier alpha value is -0.209. The van der Waals surface area contributed by atoms with Gasteiger partial charge in [-0.25, -0.2) is 0 Å². The van der Waals surface area contributed by atoms with Crippen LogP contribution in [0.15, 0.2) is 65.7 Å². The molecular formula is C22H32S2Si3. The number of allylic oxidation sites excluding steroid dienone is 10. The van der Waals surface area contributed by atoms with Crippen LogP contribution in [-0.4, -0.2) is 24.2 Å². The van der Waals surface area contributed by atoms with Gasteiger partial charge in [0.25, 0.3) is 0 Å². The van der Waals surface area contributed by atoms with Gasteiger partial charge in [0.2, 0.25) is 0 Å². The number of hydrogen-bond acceptors (Lipinski definition) is 2. The lowest BCUT2D eigenvalue weighted by atomic mass is 10.1. The van der Waals surface area contributed by atoms with Gasteiger partial charge in [0.15, 0.2) is 0 Å². The lowest BCUT2D eigenvalue weighted by Crippen LogP contribution is -2.41. The van der Waals surface area contributed by atoms with Gasteiger partial charge in [0.05, 0.1) is 16.1 Å². The molecule has 0 nitrogen and oxygen atoms in total. The van der Waals surface area contributed by atoms with E-state index < -0.39 is 24.2 Å². The van der Waals surface area contributed by atoms with E-state index in [1.165, 1.54) is 0 Å². The standard InChI is InChI=1S/C22H32S2Si3/c1-25(2,3)21-19(15-11-9-13-17(15)23-21)27(7,8)20-16-12-10-14-18(16)24-22(20)26(4,5)6/h9-16H,1-8H3. The van der Waals surface area contributed by atoms with Crippen molar-refractivity contribution in [1.82, 2.24) is 0 Å². The first kappa shape index (κ1) is 20.1. The second-order valence-electron chi connectivity index (χ2n) is 10.7. The Morgan fingerprint density at radius 2 is 1.00 bits per heavy atom. The molecule has 0 amide bonds. The highest BCUT2D eigenvalue weighted by Crippen LogP contribution is 2.60. The molecule has 0 bridgehead atoms. The number of fused-ring (bicyclic) bond motifs is 2. The monoisotopic (exact) mass is 444 g/mol. The highest BCUT2D eigenvalue weighted by atomic mass is 32.2. The Bertz CT molecular complexity index is 811. The van der Waals surface area contributed by atoms with E-state index >= 15 is 0 Å². The Morgan fingerprint density at radius 1 is 0.630 bits per heavy atom. The summed E-state index contributed by atoms with van der Waals surface area (Å²) in [6.07, 6.45) is 14.3. The molecule has 4 rings (SSSR count). The van der Waals surface area contributed by atoms with Crippen LogP contribution in [-0.2, 0) is 0 Å². The lowest BCUT2D eigenvalue weighted by molar-refractivity contribution is 1.00. The Balaban J connectivity index is 1.93. The van der Waals surface area contributed by atoms with Crippen LogP contribution in [0.25, 0.3) is 0 Å². The maximum atomic E-state index is 2.67. The van der Waals surface area contributed by atoms with Crippen LogP contribution in [0.5, 0.6) is 0 Å². The molecule has 5 heteroatoms. The third-order valence-electron chi connectivity index (χ3n) is 6.00. The maximum absolute atomic E-state index is 2.67. The molecule has 27 heavy (non-hydrogen) atoms. The van der Waals surface area contributed by atoms with Crippen LogP contribution in [0.2, 0.25) is 52.4 Å². The molecule has 0 saturated heterocycles. The average molecular weight is 445 g/mol. The fourth-order valence-corrected chi connectivity index (χ4v) is 21.4. The van der Waals surface area contributed by atoms with E-state index in [4.69, 9.17) is 0 Å². The molecule has 2 unspecified atom stereocenters. The first-order valence-corrected chi connectivity index (χ1v) is 21.7. The first-order valence-electron chi connectivity index (χ1n) is 10.0. The normalized spacial score (nSPS) is 27.6. The second kappa shape index (κ2) is 6.39. The predicted molar refractivity (Wildman–Crippen MR) is 135 cm³/mol. The van der Waals surface area contributed by atoms with E-state index in [-0.39, 0.29) is 0 Å². The average Bonchev–Trinajstić information content (AvgIpc) is 3.23. The van der Waals surface area contributed by atoms with Gasteiger partial charge in [0.1, 0.15) is 8.07 Å². The van der Waals surface area contributed by atoms with Gasteiger partial charge in [-0.2, -0.15) is 0 Å². The molecule has 2 aliphatic heterocycles. The molecule has 2 heterocycles. The molecule has 0 aromatic heterocycles. The third kappa shape index (κ3) is 3.18. The molecule has 0 fully saturated rings. The van der Waals surface area contributed by atoms with E-state index in [0.29, 0.717) is 11.8 Å². The minimum atomic E-state index is -1.75. The van der Waals surface area contributed by atoms with E-state index in [9.17, 15) is 0 Å². The van der Waals surface area contributed by atoms with Gasteiger partial charge in [0, 0.05) is 11.8 Å². The topological polar surface area (TPSA) is 0 Å². The molecule has 2 atom stereocenters. The van der Waals surface area contributed by atoms with Gasteiger partial charge < -0.3 is 0 Å². The summed E-state index contributed by atoms with van der Waals surface area (Å²) in [6, 6.07) is 0. The summed E-state index contributed by atoms with van der Waals surface area (Å²) in [5, 5.41) is 3.72. The molecule has 0 N–H and O–H groups in total. The van der Waals surface area contributed by atoms with Crippen molar-refractivity contribution in [2.24, 2.45) is 11.8 Å². The number of thioether (sulfide) groups is 2. The summed E-state index contributed by atoms with van der Waals surface area (Å²) in [6.45, 7) is 20.6. The molecule has 0 spiro atoms. The highest BCUT2D eigenvalue weighted by Gasteiger charge is 2.51. The van der Waals surface area contributed by atoms with Crippen molar-refractivity contribution >= 4 is 47.7 Å². The van der Waals surface area contributed by atoms with E-state index in [1.807, 2.05) is 10.4 Å². The summed E-state index contributed by atoms with van der Waals surface area (Å²) in [5.41, 5.74) is 0. The highest BCUT2D eigenvalue weighted by molar-refractivity contribution is 8.09. The van der Waals surface area contributed by atoms with Crippen molar-refractivity contribution in [1.29, 1.82) is 0 Å². The Morgan fingerprint density at radius 3 is 1.33 bits per heavy atom. The summed E-state index contributed by atoms with van der Waals surface area (Å²) in [7, 11) is -4.48. The zero-order valence-corrected chi connectivity index (χ0v) is 22.6. The van der Waals surface area contributed by atoms with Crippen LogP contribution >= 0.6 is 23.5 Å². The lowest BCUT2D eigenvalue weighted by Gasteiger charge is -2.36. The van der Waals surface area contributed by atoms with Gasteiger partial charge in [-0.05, 0) is 18.9 Å². The van der Waals surface area contributed by atoms with Crippen LogP contribution in [0.1, 0.15) is 0 Å². The fourth-order valence-electron chi connectivity index (χ4n) is 4.82. The van der Waals surface area contributed by atoms with Gasteiger partial charge >= 0.3 is 0 Å². The molecule has 0 aromatic rings. The van der Waals surface area contributed by atoms with Crippen molar-refractivity contribution in [2.45, 2.75) is 52.4 Å². The van der Waals surface area contributed by atoms with Crippen LogP contribution in [0, 0.1) is 11.8 Å². The van der Waals surface area contributed by atoms with E-state index in [1.54, 1.807) is 18.9 Å². The van der Waals surface area contributed by atoms with Crippen molar-refractivity contribution in [2.75, 3.05) is 0 Å². The van der Waals surface area contributed by atoms with Crippen molar-refractivity contribution in [3.05, 3.63) is 65.7 Å². The SMILES string of the molecule is C[Si](C)(C)C1=C([Si](C)(C)C2=C([Si](C)(C)C)SC3=CC=CC32)C2C=CC=C2S1. The molecule has 4 aliphatic rings. The third-order valence-corrected chi connectivity index (χ3v) is 20.3. The minimum absolute atomic E-state index is 0.581. The summed E-state index contributed by atoms with van der Waals surface area (Å²) < 4.78 is 3.60. The van der Waals surface area contributed by atoms with Gasteiger partial charge in [-0.15, -0.1) is 23.5 Å². The maximum Gasteiger partial charge on any atom is 0.106 e. The van der Waals surface area contributed by atoms with Crippen LogP contribution in [0.4, 0.5) is 0 Å². The Kier molecular flexibility index (Phi) is 4.75. The van der Waals surface area contributed by atoms with E-state index in [2.05, 4.69) is 112 Å². The molecular weight excluding hydrogens is 413 g/mol. The fraction of sp³-hybridized carbons (Fsp3) is 0.455.